The Morgan fingerprint density at radius 3 is 1.70 bits per heavy atom. The Bertz CT molecular complexity index is 1230. The van der Waals surface area contributed by atoms with E-state index in [4.69, 9.17) is 4.74 Å². The van der Waals surface area contributed by atoms with Gasteiger partial charge in [0.15, 0.2) is 0 Å². The fourth-order valence-electron chi connectivity index (χ4n) is 4.86. The van der Waals surface area contributed by atoms with E-state index in [2.05, 4.69) is 108 Å². The zero-order chi connectivity index (χ0) is 30.8. The van der Waals surface area contributed by atoms with Gasteiger partial charge in [-0.3, -0.25) is 0 Å². The second-order valence-electron chi connectivity index (χ2n) is 14.2. The molecular weight excluding hydrogens is 492 g/mol. The summed E-state index contributed by atoms with van der Waals surface area (Å²) in [5, 5.41) is 11.5. The van der Waals surface area contributed by atoms with Gasteiger partial charge < -0.3 is 9.84 Å². The van der Waals surface area contributed by atoms with Gasteiger partial charge >= 0.3 is 5.97 Å². The van der Waals surface area contributed by atoms with E-state index < -0.39 is 12.1 Å². The fraction of sp³-hybridized carbons (Fsp3) is 0.595. The molecule has 0 aliphatic carbocycles. The van der Waals surface area contributed by atoms with E-state index in [1.807, 2.05) is 19.1 Å². The zero-order valence-electron chi connectivity index (χ0n) is 27.8. The van der Waals surface area contributed by atoms with E-state index in [0.29, 0.717) is 11.1 Å². The lowest BCUT2D eigenvalue weighted by molar-refractivity contribution is -0.141. The molecule has 0 amide bonds. The summed E-state index contributed by atoms with van der Waals surface area (Å²) in [6.07, 6.45) is 3.15. The maximum absolute atomic E-state index is 13.6. The van der Waals surface area contributed by atoms with Gasteiger partial charge in [-0.1, -0.05) is 114 Å². The summed E-state index contributed by atoms with van der Waals surface area (Å²) in [5.74, 6) is -0.244. The maximum Gasteiger partial charge on any atom is 0.338 e. The summed E-state index contributed by atoms with van der Waals surface area (Å²) >= 11 is 0. The van der Waals surface area contributed by atoms with Crippen LogP contribution in [0, 0.1) is 0 Å². The number of carbonyl (C=O) groups is 1. The molecule has 0 fully saturated rings. The largest absolute Gasteiger partial charge is 0.507 e. The van der Waals surface area contributed by atoms with Gasteiger partial charge in [-0.2, -0.15) is 0 Å². The minimum absolute atomic E-state index is 0.0340. The van der Waals surface area contributed by atoms with E-state index in [1.165, 1.54) is 5.56 Å². The molecule has 2 aromatic carbocycles. The SMILES string of the molecule is C=C(C(=O)OC(C)c1cc(C(C)(C)CC)cc(C(C)(C)CC)c1O)c1ccc(C(C)(C)CC)cc1C(C)(C)CC. The topological polar surface area (TPSA) is 46.5 Å². The molecule has 0 saturated heterocycles. The quantitative estimate of drug-likeness (QED) is 0.212. The lowest BCUT2D eigenvalue weighted by atomic mass is 9.74. The van der Waals surface area contributed by atoms with Crippen LogP contribution in [0.25, 0.3) is 5.57 Å². The Kier molecular flexibility index (Phi) is 10.2. The number of rotatable bonds is 12. The van der Waals surface area contributed by atoms with Gasteiger partial charge in [0.05, 0.1) is 5.57 Å². The predicted octanol–water partition coefficient (Wildman–Crippen LogP) is 10.5. The Balaban J connectivity index is 2.56. The van der Waals surface area contributed by atoms with Gasteiger partial charge in [-0.15, -0.1) is 0 Å². The molecule has 0 aliphatic heterocycles. The molecule has 3 heteroatoms. The average molecular weight is 549 g/mol. The molecule has 3 nitrogen and oxygen atoms in total. The van der Waals surface area contributed by atoms with Crippen LogP contribution in [0.1, 0.15) is 155 Å². The lowest BCUT2D eigenvalue weighted by Crippen LogP contribution is -2.23. The second-order valence-corrected chi connectivity index (χ2v) is 14.2. The van der Waals surface area contributed by atoms with Crippen molar-refractivity contribution in [2.24, 2.45) is 0 Å². The molecule has 0 aromatic heterocycles. The van der Waals surface area contributed by atoms with Gasteiger partial charge in [-0.05, 0) is 82.6 Å². The van der Waals surface area contributed by atoms with Gasteiger partial charge in [0, 0.05) is 11.1 Å². The van der Waals surface area contributed by atoms with Crippen LogP contribution in [0.3, 0.4) is 0 Å². The first-order valence-corrected chi connectivity index (χ1v) is 15.2. The number of phenolic OH excluding ortho intramolecular Hbond substituents is 1. The Hall–Kier alpha value is -2.55. The Morgan fingerprint density at radius 1 is 0.750 bits per heavy atom. The standard InChI is InChI=1S/C37H56O3/c1-15-34(7,8)26-19-20-28(30(22-26)36(11,12)17-3)24(5)33(39)40-25(6)29-21-27(35(9,10)16-2)23-31(32(29)38)37(13,14)18-4/h19-23,25,38H,5,15-18H2,1-4,6-14H3. The van der Waals surface area contributed by atoms with Crippen LogP contribution in [-0.2, 0) is 31.2 Å². The van der Waals surface area contributed by atoms with Gasteiger partial charge in [0.25, 0.3) is 0 Å². The smallest absolute Gasteiger partial charge is 0.338 e. The van der Waals surface area contributed by atoms with Crippen LogP contribution in [0.4, 0.5) is 0 Å². The molecule has 1 atom stereocenters. The number of aromatic hydroxyl groups is 1. The molecule has 0 spiro atoms. The summed E-state index contributed by atoms with van der Waals surface area (Å²) < 4.78 is 6.06. The highest BCUT2D eigenvalue weighted by atomic mass is 16.5. The van der Waals surface area contributed by atoms with E-state index in [0.717, 1.165) is 47.9 Å². The molecule has 40 heavy (non-hydrogen) atoms. The van der Waals surface area contributed by atoms with Crippen LogP contribution in [-0.4, -0.2) is 11.1 Å². The number of ether oxygens (including phenoxy) is 1. The van der Waals surface area contributed by atoms with Gasteiger partial charge in [0.2, 0.25) is 0 Å². The first-order valence-electron chi connectivity index (χ1n) is 15.2. The van der Waals surface area contributed by atoms with Crippen molar-refractivity contribution in [1.82, 2.24) is 0 Å². The van der Waals surface area contributed by atoms with E-state index in [-0.39, 0.29) is 27.4 Å². The molecule has 0 radical (unpaired) electrons. The summed E-state index contributed by atoms with van der Waals surface area (Å²) in [5.41, 5.74) is 5.83. The number of hydrogen-bond acceptors (Lipinski definition) is 3. The minimum Gasteiger partial charge on any atom is -0.507 e. The number of phenols is 1. The summed E-state index contributed by atoms with van der Waals surface area (Å²) in [6.45, 7) is 32.4. The molecule has 2 aromatic rings. The molecule has 2 rings (SSSR count). The third kappa shape index (κ3) is 6.84. The average Bonchev–Trinajstić information content (AvgIpc) is 2.91. The molecule has 1 N–H and O–H groups in total. The number of hydrogen-bond donors (Lipinski definition) is 1. The highest BCUT2D eigenvalue weighted by Crippen LogP contribution is 2.43. The van der Waals surface area contributed by atoms with E-state index in [1.54, 1.807) is 0 Å². The van der Waals surface area contributed by atoms with Gasteiger partial charge in [-0.25, -0.2) is 4.79 Å². The molecule has 0 heterocycles. The Labute approximate surface area is 245 Å². The first-order chi connectivity index (χ1) is 18.3. The highest BCUT2D eigenvalue weighted by molar-refractivity contribution is 6.16. The predicted molar refractivity (Wildman–Crippen MR) is 171 cm³/mol. The molecular formula is C37H56O3. The van der Waals surface area contributed by atoms with Crippen LogP contribution in [0.15, 0.2) is 36.9 Å². The second kappa shape index (κ2) is 12.1. The lowest BCUT2D eigenvalue weighted by Gasteiger charge is -2.32. The van der Waals surface area contributed by atoms with Crippen molar-refractivity contribution in [3.63, 3.8) is 0 Å². The monoisotopic (exact) mass is 548 g/mol. The minimum atomic E-state index is -0.635. The molecule has 0 saturated carbocycles. The third-order valence-corrected chi connectivity index (χ3v) is 10.0. The van der Waals surface area contributed by atoms with Crippen LogP contribution < -0.4 is 0 Å². The number of carbonyl (C=O) groups excluding carboxylic acids is 1. The summed E-state index contributed by atoms with van der Waals surface area (Å²) in [4.78, 5) is 13.6. The summed E-state index contributed by atoms with van der Waals surface area (Å²) in [6, 6.07) is 10.6. The van der Waals surface area contributed by atoms with E-state index in [9.17, 15) is 9.90 Å². The maximum atomic E-state index is 13.6. The van der Waals surface area contributed by atoms with Crippen molar-refractivity contribution >= 4 is 11.5 Å². The van der Waals surface area contributed by atoms with Crippen molar-refractivity contribution in [1.29, 1.82) is 0 Å². The molecule has 222 valence electrons. The number of benzene rings is 2. The van der Waals surface area contributed by atoms with Crippen molar-refractivity contribution in [2.45, 2.75) is 143 Å². The molecule has 0 bridgehead atoms. The first kappa shape index (κ1) is 33.7. The van der Waals surface area contributed by atoms with Crippen LogP contribution >= 0.6 is 0 Å². The molecule has 1 unspecified atom stereocenters. The Morgan fingerprint density at radius 2 is 1.20 bits per heavy atom. The van der Waals surface area contributed by atoms with Crippen molar-refractivity contribution in [3.05, 3.63) is 70.3 Å². The molecule has 0 aliphatic rings. The van der Waals surface area contributed by atoms with Crippen LogP contribution in [0.5, 0.6) is 5.75 Å². The third-order valence-electron chi connectivity index (χ3n) is 10.0. The highest BCUT2D eigenvalue weighted by Gasteiger charge is 2.32. The normalized spacial score (nSPS) is 13.7. The van der Waals surface area contributed by atoms with Crippen LogP contribution in [0.2, 0.25) is 0 Å². The van der Waals surface area contributed by atoms with Crippen molar-refractivity contribution in [2.75, 3.05) is 0 Å². The number of esters is 1. The zero-order valence-corrected chi connectivity index (χ0v) is 27.8. The fourth-order valence-corrected chi connectivity index (χ4v) is 4.86. The van der Waals surface area contributed by atoms with Gasteiger partial charge in [0.1, 0.15) is 11.9 Å². The van der Waals surface area contributed by atoms with Crippen molar-refractivity contribution < 1.29 is 14.6 Å². The summed E-state index contributed by atoms with van der Waals surface area (Å²) in [7, 11) is 0. The van der Waals surface area contributed by atoms with E-state index >= 15 is 0 Å². The van der Waals surface area contributed by atoms with Crippen molar-refractivity contribution in [3.8, 4) is 5.75 Å².